The molecule has 1 fully saturated rings. The van der Waals surface area contributed by atoms with E-state index in [4.69, 9.17) is 9.47 Å². The van der Waals surface area contributed by atoms with Gasteiger partial charge in [-0.05, 0) is 57.3 Å². The minimum atomic E-state index is 0.0179. The highest BCUT2D eigenvalue weighted by molar-refractivity contribution is 6.14. The summed E-state index contributed by atoms with van der Waals surface area (Å²) in [6.07, 6.45) is 6.39. The molecule has 1 aliphatic rings. The molecule has 0 bridgehead atoms. The molecule has 0 radical (unpaired) electrons. The van der Waals surface area contributed by atoms with E-state index in [9.17, 15) is 0 Å². The van der Waals surface area contributed by atoms with Crippen molar-refractivity contribution in [2.24, 2.45) is 11.3 Å². The molecule has 3 heteroatoms. The Balaban J connectivity index is 2.19. The van der Waals surface area contributed by atoms with E-state index in [-0.39, 0.29) is 5.50 Å². The first-order valence-electron chi connectivity index (χ1n) is 7.93. The van der Waals surface area contributed by atoms with Gasteiger partial charge in [-0.15, -0.1) is 0 Å². The van der Waals surface area contributed by atoms with Gasteiger partial charge < -0.3 is 9.47 Å². The molecule has 0 aliphatic carbocycles. The van der Waals surface area contributed by atoms with Gasteiger partial charge in [0, 0.05) is 18.7 Å². The molecule has 1 heterocycles. The molecule has 112 valence electrons. The van der Waals surface area contributed by atoms with Crippen LogP contribution >= 0.6 is 0 Å². The van der Waals surface area contributed by atoms with Crippen LogP contribution in [0.3, 0.4) is 0 Å². The fraction of sp³-hybridized carbons (Fsp3) is 1.00. The summed E-state index contributed by atoms with van der Waals surface area (Å²) in [5.41, 5.74) is 0.417. The van der Waals surface area contributed by atoms with Crippen molar-refractivity contribution in [2.75, 3.05) is 13.2 Å². The summed E-state index contributed by atoms with van der Waals surface area (Å²) in [5, 5.41) is 0. The van der Waals surface area contributed by atoms with Crippen molar-refractivity contribution in [3.05, 3.63) is 0 Å². The van der Waals surface area contributed by atoms with Crippen molar-refractivity contribution < 1.29 is 9.47 Å². The van der Waals surface area contributed by atoms with Crippen molar-refractivity contribution in [1.29, 1.82) is 0 Å². The smallest absolute Gasteiger partial charge is 0.142 e. The second-order valence-electron chi connectivity index (χ2n) is 8.03. The lowest BCUT2D eigenvalue weighted by molar-refractivity contribution is -0.0224. The largest absolute Gasteiger partial charge is 0.384 e. The standard InChI is InChI=1S/C16H33BO2/c1-13-12-14(6-10-18-13)7-11-19-16(5,17)9-8-15(2,3)4/h13-14H,6-12,17H2,1-5H3. The van der Waals surface area contributed by atoms with Gasteiger partial charge in [-0.1, -0.05) is 20.8 Å². The molecule has 3 unspecified atom stereocenters. The van der Waals surface area contributed by atoms with Crippen LogP contribution in [-0.2, 0) is 9.47 Å². The Morgan fingerprint density at radius 2 is 1.89 bits per heavy atom. The van der Waals surface area contributed by atoms with E-state index < -0.39 is 0 Å². The van der Waals surface area contributed by atoms with Crippen molar-refractivity contribution in [3.8, 4) is 0 Å². The third-order valence-corrected chi connectivity index (χ3v) is 4.09. The SMILES string of the molecule is BC(C)(CCC(C)(C)C)OCCC1CCOC(C)C1. The van der Waals surface area contributed by atoms with Gasteiger partial charge in [-0.25, -0.2) is 0 Å². The minimum Gasteiger partial charge on any atom is -0.384 e. The van der Waals surface area contributed by atoms with E-state index in [0.29, 0.717) is 11.5 Å². The topological polar surface area (TPSA) is 18.5 Å². The highest BCUT2D eigenvalue weighted by Crippen LogP contribution is 2.27. The van der Waals surface area contributed by atoms with Crippen LogP contribution in [0.4, 0.5) is 0 Å². The quantitative estimate of drug-likeness (QED) is 0.687. The monoisotopic (exact) mass is 268 g/mol. The van der Waals surface area contributed by atoms with Gasteiger partial charge in [0.1, 0.15) is 7.85 Å². The summed E-state index contributed by atoms with van der Waals surface area (Å²) >= 11 is 0. The lowest BCUT2D eigenvalue weighted by Gasteiger charge is -2.31. The Kier molecular flexibility index (Phi) is 6.39. The number of rotatable bonds is 6. The summed E-state index contributed by atoms with van der Waals surface area (Å²) < 4.78 is 11.7. The summed E-state index contributed by atoms with van der Waals surface area (Å²) in [6, 6.07) is 0. The summed E-state index contributed by atoms with van der Waals surface area (Å²) in [4.78, 5) is 0. The number of hydrogen-bond donors (Lipinski definition) is 0. The summed E-state index contributed by atoms with van der Waals surface area (Å²) in [7, 11) is 2.23. The zero-order valence-electron chi connectivity index (χ0n) is 13.9. The van der Waals surface area contributed by atoms with Gasteiger partial charge in [0.25, 0.3) is 0 Å². The Morgan fingerprint density at radius 3 is 2.47 bits per heavy atom. The summed E-state index contributed by atoms with van der Waals surface area (Å²) in [6.45, 7) is 13.1. The third kappa shape index (κ3) is 7.99. The van der Waals surface area contributed by atoms with Crippen molar-refractivity contribution in [3.63, 3.8) is 0 Å². The average molecular weight is 268 g/mol. The maximum Gasteiger partial charge on any atom is 0.142 e. The van der Waals surface area contributed by atoms with Gasteiger partial charge in [0.15, 0.2) is 0 Å². The molecule has 0 N–H and O–H groups in total. The first kappa shape index (κ1) is 17.0. The van der Waals surface area contributed by atoms with E-state index in [1.807, 2.05) is 0 Å². The zero-order chi connectivity index (χ0) is 14.5. The van der Waals surface area contributed by atoms with Crippen LogP contribution in [0.1, 0.15) is 66.7 Å². The molecule has 0 amide bonds. The second kappa shape index (κ2) is 7.13. The highest BCUT2D eigenvalue weighted by atomic mass is 16.5. The van der Waals surface area contributed by atoms with E-state index in [1.165, 1.54) is 25.7 Å². The van der Waals surface area contributed by atoms with Gasteiger partial charge in [-0.3, -0.25) is 0 Å². The molecule has 0 spiro atoms. The first-order chi connectivity index (χ1) is 8.68. The van der Waals surface area contributed by atoms with Crippen LogP contribution in [0.2, 0.25) is 0 Å². The Hall–Kier alpha value is -0.0151. The van der Waals surface area contributed by atoms with E-state index in [1.54, 1.807) is 0 Å². The average Bonchev–Trinajstić information content (AvgIpc) is 2.26. The molecule has 0 saturated carbocycles. The maximum absolute atomic E-state index is 6.12. The molecular formula is C16H33BO2. The third-order valence-electron chi connectivity index (χ3n) is 4.09. The van der Waals surface area contributed by atoms with Crippen LogP contribution in [0.15, 0.2) is 0 Å². The van der Waals surface area contributed by atoms with Gasteiger partial charge >= 0.3 is 0 Å². The van der Waals surface area contributed by atoms with Crippen LogP contribution in [-0.4, -0.2) is 32.7 Å². The van der Waals surface area contributed by atoms with Crippen LogP contribution < -0.4 is 0 Å². The molecule has 0 aromatic carbocycles. The molecule has 19 heavy (non-hydrogen) atoms. The number of ether oxygens (including phenoxy) is 2. The molecule has 1 rings (SSSR count). The molecule has 0 aromatic rings. The van der Waals surface area contributed by atoms with Crippen LogP contribution in [0.5, 0.6) is 0 Å². The van der Waals surface area contributed by atoms with Gasteiger partial charge in [-0.2, -0.15) is 0 Å². The molecular weight excluding hydrogens is 235 g/mol. The molecule has 3 atom stereocenters. The Bertz CT molecular complexity index is 258. The Labute approximate surface area is 121 Å². The number of hydrogen-bond acceptors (Lipinski definition) is 2. The zero-order valence-corrected chi connectivity index (χ0v) is 13.9. The molecule has 2 nitrogen and oxygen atoms in total. The Morgan fingerprint density at radius 1 is 1.21 bits per heavy atom. The van der Waals surface area contributed by atoms with E-state index >= 15 is 0 Å². The maximum atomic E-state index is 6.12. The lowest BCUT2D eigenvalue weighted by Crippen LogP contribution is -2.32. The van der Waals surface area contributed by atoms with E-state index in [0.717, 1.165) is 25.6 Å². The van der Waals surface area contributed by atoms with Crippen LogP contribution in [0, 0.1) is 11.3 Å². The fourth-order valence-electron chi connectivity index (χ4n) is 2.60. The minimum absolute atomic E-state index is 0.0179. The highest BCUT2D eigenvalue weighted by Gasteiger charge is 2.24. The summed E-state index contributed by atoms with van der Waals surface area (Å²) in [5.74, 6) is 0.794. The van der Waals surface area contributed by atoms with Gasteiger partial charge in [0.2, 0.25) is 0 Å². The fourth-order valence-corrected chi connectivity index (χ4v) is 2.60. The van der Waals surface area contributed by atoms with Crippen molar-refractivity contribution in [1.82, 2.24) is 0 Å². The van der Waals surface area contributed by atoms with Gasteiger partial charge in [0.05, 0.1) is 6.10 Å². The predicted octanol–water partition coefficient (Wildman–Crippen LogP) is 3.38. The molecule has 1 saturated heterocycles. The predicted molar refractivity (Wildman–Crippen MR) is 84.3 cm³/mol. The molecule has 1 aliphatic heterocycles. The molecule has 0 aromatic heterocycles. The van der Waals surface area contributed by atoms with Crippen molar-refractivity contribution in [2.45, 2.75) is 78.3 Å². The first-order valence-corrected chi connectivity index (χ1v) is 7.93. The van der Waals surface area contributed by atoms with Crippen molar-refractivity contribution >= 4 is 7.85 Å². The normalized spacial score (nSPS) is 28.1. The second-order valence-corrected chi connectivity index (χ2v) is 8.03. The van der Waals surface area contributed by atoms with E-state index in [2.05, 4.69) is 42.5 Å². The lowest BCUT2D eigenvalue weighted by atomic mass is 9.75. The van der Waals surface area contributed by atoms with Crippen LogP contribution in [0.25, 0.3) is 0 Å².